The molecule has 0 saturated carbocycles. The van der Waals surface area contributed by atoms with Crippen molar-refractivity contribution in [3.8, 4) is 0 Å². The summed E-state index contributed by atoms with van der Waals surface area (Å²) >= 11 is 0. The van der Waals surface area contributed by atoms with Gasteiger partial charge in [-0.3, -0.25) is 0 Å². The van der Waals surface area contributed by atoms with Crippen molar-refractivity contribution in [3.63, 3.8) is 0 Å². The zero-order valence-electron chi connectivity index (χ0n) is 16.1. The second kappa shape index (κ2) is 9.76. The second-order valence-electron chi connectivity index (χ2n) is 7.62. The predicted molar refractivity (Wildman–Crippen MR) is 104 cm³/mol. The molecule has 0 aliphatic carbocycles. The van der Waals surface area contributed by atoms with Crippen LogP contribution in [0.25, 0.3) is 0 Å². The maximum atomic E-state index is 12.5. The molecule has 5 heteroatoms. The van der Waals surface area contributed by atoms with Crippen LogP contribution in [-0.2, 0) is 27.5 Å². The van der Waals surface area contributed by atoms with Crippen molar-refractivity contribution < 1.29 is 19.1 Å². The smallest absolute Gasteiger partial charge is 0.408 e. The number of esters is 1. The van der Waals surface area contributed by atoms with Gasteiger partial charge in [0.05, 0.1) is 0 Å². The lowest BCUT2D eigenvalue weighted by Crippen LogP contribution is -2.44. The number of ether oxygens (including phenoxy) is 2. The van der Waals surface area contributed by atoms with Crippen LogP contribution in [0.3, 0.4) is 0 Å². The number of carbonyl (C=O) groups is 2. The highest BCUT2D eigenvalue weighted by atomic mass is 16.6. The van der Waals surface area contributed by atoms with Crippen LogP contribution in [0.2, 0.25) is 0 Å². The maximum absolute atomic E-state index is 12.5. The van der Waals surface area contributed by atoms with Gasteiger partial charge in [-0.05, 0) is 23.0 Å². The van der Waals surface area contributed by atoms with E-state index in [2.05, 4.69) is 5.32 Å². The summed E-state index contributed by atoms with van der Waals surface area (Å²) in [4.78, 5) is 24.7. The number of rotatable bonds is 7. The SMILES string of the molecule is CC(C)(C)C[C@H](NC(=O)OCc1ccccc1)C(=O)OCc1ccccc1. The highest BCUT2D eigenvalue weighted by molar-refractivity contribution is 5.81. The Morgan fingerprint density at radius 3 is 1.81 bits per heavy atom. The topological polar surface area (TPSA) is 64.6 Å². The Bertz CT molecular complexity index is 723. The summed E-state index contributed by atoms with van der Waals surface area (Å²) in [5.74, 6) is -0.467. The molecule has 0 spiro atoms. The summed E-state index contributed by atoms with van der Waals surface area (Å²) in [5, 5.41) is 2.64. The molecule has 144 valence electrons. The molecule has 0 saturated heterocycles. The van der Waals surface area contributed by atoms with Gasteiger partial charge < -0.3 is 14.8 Å². The molecule has 0 bridgehead atoms. The molecule has 2 aromatic carbocycles. The van der Waals surface area contributed by atoms with Gasteiger partial charge in [0.25, 0.3) is 0 Å². The van der Waals surface area contributed by atoms with E-state index in [1.807, 2.05) is 81.4 Å². The van der Waals surface area contributed by atoms with Gasteiger partial charge in [-0.25, -0.2) is 9.59 Å². The van der Waals surface area contributed by atoms with Crippen molar-refractivity contribution in [2.75, 3.05) is 0 Å². The molecule has 1 N–H and O–H groups in total. The summed E-state index contributed by atoms with van der Waals surface area (Å²) in [6, 6.07) is 18.0. The highest BCUT2D eigenvalue weighted by Gasteiger charge is 2.28. The minimum absolute atomic E-state index is 0.147. The quantitative estimate of drug-likeness (QED) is 0.732. The van der Waals surface area contributed by atoms with Crippen molar-refractivity contribution >= 4 is 12.1 Å². The summed E-state index contributed by atoms with van der Waals surface area (Å²) in [5.41, 5.74) is 1.61. The fourth-order valence-corrected chi connectivity index (χ4v) is 2.54. The lowest BCUT2D eigenvalue weighted by molar-refractivity contribution is -0.148. The zero-order valence-corrected chi connectivity index (χ0v) is 16.1. The van der Waals surface area contributed by atoms with E-state index in [4.69, 9.17) is 9.47 Å². The van der Waals surface area contributed by atoms with Crippen LogP contribution in [0.5, 0.6) is 0 Å². The highest BCUT2D eigenvalue weighted by Crippen LogP contribution is 2.22. The van der Waals surface area contributed by atoms with E-state index in [-0.39, 0.29) is 18.6 Å². The van der Waals surface area contributed by atoms with Gasteiger partial charge in [0.1, 0.15) is 19.3 Å². The van der Waals surface area contributed by atoms with Gasteiger partial charge in [0.2, 0.25) is 0 Å². The van der Waals surface area contributed by atoms with Gasteiger partial charge in [-0.1, -0.05) is 81.4 Å². The zero-order chi connectivity index (χ0) is 19.7. The van der Waals surface area contributed by atoms with E-state index in [1.165, 1.54) is 0 Å². The molecule has 2 aromatic rings. The van der Waals surface area contributed by atoms with E-state index in [9.17, 15) is 9.59 Å². The van der Waals surface area contributed by atoms with E-state index < -0.39 is 18.1 Å². The van der Waals surface area contributed by atoms with Crippen LogP contribution < -0.4 is 5.32 Å². The molecule has 1 atom stereocenters. The van der Waals surface area contributed by atoms with Crippen molar-refractivity contribution in [1.82, 2.24) is 5.32 Å². The normalized spacial score (nSPS) is 12.1. The average molecular weight is 369 g/mol. The fraction of sp³-hybridized carbons (Fsp3) is 0.364. The van der Waals surface area contributed by atoms with E-state index in [0.29, 0.717) is 6.42 Å². The Labute approximate surface area is 160 Å². The van der Waals surface area contributed by atoms with Gasteiger partial charge in [0, 0.05) is 0 Å². The minimum Gasteiger partial charge on any atom is -0.459 e. The molecule has 0 unspecified atom stereocenters. The molecule has 27 heavy (non-hydrogen) atoms. The van der Waals surface area contributed by atoms with Gasteiger partial charge in [-0.15, -0.1) is 0 Å². The lowest BCUT2D eigenvalue weighted by atomic mass is 9.88. The molecule has 0 aliphatic heterocycles. The van der Waals surface area contributed by atoms with Crippen LogP contribution >= 0.6 is 0 Å². The van der Waals surface area contributed by atoms with Crippen molar-refractivity contribution in [3.05, 3.63) is 71.8 Å². The third kappa shape index (κ3) is 7.94. The molecule has 0 heterocycles. The van der Waals surface area contributed by atoms with Crippen molar-refractivity contribution in [2.45, 2.75) is 46.4 Å². The molecule has 0 radical (unpaired) electrons. The van der Waals surface area contributed by atoms with Crippen LogP contribution in [0.15, 0.2) is 60.7 Å². The summed E-state index contributed by atoms with van der Waals surface area (Å²) in [6.45, 7) is 6.32. The molecule has 1 amide bonds. The molecule has 5 nitrogen and oxygen atoms in total. The van der Waals surface area contributed by atoms with Crippen molar-refractivity contribution in [1.29, 1.82) is 0 Å². The fourth-order valence-electron chi connectivity index (χ4n) is 2.54. The summed E-state index contributed by atoms with van der Waals surface area (Å²) in [6.07, 6.45) is -0.189. The Morgan fingerprint density at radius 1 is 0.852 bits per heavy atom. The van der Waals surface area contributed by atoms with E-state index >= 15 is 0 Å². The number of nitrogens with one attached hydrogen (secondary N) is 1. The predicted octanol–water partition coefficient (Wildman–Crippen LogP) is 4.46. The molecule has 2 rings (SSSR count). The Balaban J connectivity index is 1.91. The number of hydrogen-bond acceptors (Lipinski definition) is 4. The monoisotopic (exact) mass is 369 g/mol. The number of carbonyl (C=O) groups excluding carboxylic acids is 2. The minimum atomic E-state index is -0.767. The third-order valence-electron chi connectivity index (χ3n) is 3.83. The number of amides is 1. The van der Waals surface area contributed by atoms with E-state index in [0.717, 1.165) is 11.1 Å². The van der Waals surface area contributed by atoms with Crippen LogP contribution in [0, 0.1) is 5.41 Å². The molecule has 0 aromatic heterocycles. The van der Waals surface area contributed by atoms with Crippen LogP contribution in [0.4, 0.5) is 4.79 Å². The molecule has 0 aliphatic rings. The maximum Gasteiger partial charge on any atom is 0.408 e. The first-order chi connectivity index (χ1) is 12.8. The van der Waals surface area contributed by atoms with Gasteiger partial charge in [-0.2, -0.15) is 0 Å². The number of alkyl carbamates (subject to hydrolysis) is 1. The summed E-state index contributed by atoms with van der Waals surface area (Å²) < 4.78 is 10.6. The Morgan fingerprint density at radius 2 is 1.33 bits per heavy atom. The Kier molecular flexibility index (Phi) is 7.41. The first kappa shape index (κ1) is 20.5. The largest absolute Gasteiger partial charge is 0.459 e. The Hall–Kier alpha value is -2.82. The van der Waals surface area contributed by atoms with Crippen molar-refractivity contribution in [2.24, 2.45) is 5.41 Å². The van der Waals surface area contributed by atoms with Crippen LogP contribution in [-0.4, -0.2) is 18.1 Å². The van der Waals surface area contributed by atoms with E-state index in [1.54, 1.807) is 0 Å². The molecule has 0 fully saturated rings. The van der Waals surface area contributed by atoms with Gasteiger partial charge in [0.15, 0.2) is 0 Å². The molecular weight excluding hydrogens is 342 g/mol. The standard InChI is InChI=1S/C22H27NO4/c1-22(2,3)14-19(20(24)26-15-17-10-6-4-7-11-17)23-21(25)27-16-18-12-8-5-9-13-18/h4-13,19H,14-16H2,1-3H3,(H,23,25)/t19-/m0/s1. The van der Waals surface area contributed by atoms with Crippen LogP contribution in [0.1, 0.15) is 38.3 Å². The molecular formula is C22H27NO4. The average Bonchev–Trinajstić information content (AvgIpc) is 2.64. The van der Waals surface area contributed by atoms with Gasteiger partial charge >= 0.3 is 12.1 Å². The number of benzene rings is 2. The lowest BCUT2D eigenvalue weighted by Gasteiger charge is -2.25. The first-order valence-corrected chi connectivity index (χ1v) is 9.01. The third-order valence-corrected chi connectivity index (χ3v) is 3.83. The first-order valence-electron chi connectivity index (χ1n) is 9.01. The second-order valence-corrected chi connectivity index (χ2v) is 7.62. The summed E-state index contributed by atoms with van der Waals surface area (Å²) in [7, 11) is 0. The number of hydrogen-bond donors (Lipinski definition) is 1.